The van der Waals surface area contributed by atoms with Gasteiger partial charge >= 0.3 is 0 Å². The van der Waals surface area contributed by atoms with E-state index in [0.29, 0.717) is 26.2 Å². The summed E-state index contributed by atoms with van der Waals surface area (Å²) in [5.41, 5.74) is 0. The third-order valence-electron chi connectivity index (χ3n) is 1.21. The Morgan fingerprint density at radius 3 is 2.54 bits per heavy atom. The molecule has 0 spiro atoms. The molecular formula is C7H12Cl3NO2. The van der Waals surface area contributed by atoms with Crippen LogP contribution in [0, 0.1) is 0 Å². The van der Waals surface area contributed by atoms with Crippen LogP contribution >= 0.6 is 34.8 Å². The van der Waals surface area contributed by atoms with E-state index in [0.717, 1.165) is 0 Å². The average molecular weight is 249 g/mol. The van der Waals surface area contributed by atoms with Gasteiger partial charge in [-0.25, -0.2) is 0 Å². The molecular weight excluding hydrogens is 236 g/mol. The van der Waals surface area contributed by atoms with Crippen molar-refractivity contribution in [3.8, 4) is 0 Å². The van der Waals surface area contributed by atoms with Crippen molar-refractivity contribution < 1.29 is 9.53 Å². The average Bonchev–Trinajstić information content (AvgIpc) is 2.02. The summed E-state index contributed by atoms with van der Waals surface area (Å²) < 4.78 is 3.18. The number of halogens is 3. The first kappa shape index (κ1) is 13.3. The fraction of sp³-hybridized carbons (Fsp3) is 0.857. The van der Waals surface area contributed by atoms with Gasteiger partial charge in [-0.15, -0.1) is 0 Å². The quantitative estimate of drug-likeness (QED) is 0.596. The van der Waals surface area contributed by atoms with Crippen molar-refractivity contribution in [3.05, 3.63) is 0 Å². The molecule has 0 aromatic heterocycles. The molecule has 0 aliphatic heterocycles. The van der Waals surface area contributed by atoms with Gasteiger partial charge < -0.3 is 10.1 Å². The lowest BCUT2D eigenvalue weighted by Gasteiger charge is -2.10. The van der Waals surface area contributed by atoms with Gasteiger partial charge in [-0.05, 0) is 13.3 Å². The maximum atomic E-state index is 10.9. The summed E-state index contributed by atoms with van der Waals surface area (Å²) in [6, 6.07) is 0. The van der Waals surface area contributed by atoms with Gasteiger partial charge in [0.2, 0.25) is 0 Å². The minimum atomic E-state index is -1.87. The molecule has 1 N–H and O–H groups in total. The summed E-state index contributed by atoms with van der Waals surface area (Å²) in [7, 11) is 0. The highest BCUT2D eigenvalue weighted by Crippen LogP contribution is 2.25. The molecule has 0 rings (SSSR count). The van der Waals surface area contributed by atoms with E-state index in [1.807, 2.05) is 6.92 Å². The summed E-state index contributed by atoms with van der Waals surface area (Å²) in [5, 5.41) is 2.47. The molecule has 0 aliphatic carbocycles. The van der Waals surface area contributed by atoms with E-state index < -0.39 is 9.70 Å². The number of carbonyl (C=O) groups excluding carboxylic acids is 1. The Kier molecular flexibility index (Phi) is 6.86. The minimum absolute atomic E-state index is 0.451. The van der Waals surface area contributed by atoms with Crippen molar-refractivity contribution >= 4 is 40.7 Å². The van der Waals surface area contributed by atoms with Gasteiger partial charge in [0.25, 0.3) is 9.70 Å². The lowest BCUT2D eigenvalue weighted by molar-refractivity contribution is -0.120. The lowest BCUT2D eigenvalue weighted by atomic mass is 10.4. The van der Waals surface area contributed by atoms with Crippen molar-refractivity contribution in [3.63, 3.8) is 0 Å². The van der Waals surface area contributed by atoms with Crippen LogP contribution in [0.25, 0.3) is 0 Å². The number of nitrogens with one attached hydrogen (secondary N) is 1. The van der Waals surface area contributed by atoms with Gasteiger partial charge in [0.05, 0.1) is 0 Å². The highest BCUT2D eigenvalue weighted by atomic mass is 35.6. The van der Waals surface area contributed by atoms with E-state index >= 15 is 0 Å². The predicted molar refractivity (Wildman–Crippen MR) is 54.4 cm³/mol. The van der Waals surface area contributed by atoms with Gasteiger partial charge in [-0.2, -0.15) is 0 Å². The molecule has 0 aromatic carbocycles. The van der Waals surface area contributed by atoms with E-state index in [4.69, 9.17) is 39.5 Å². The molecule has 3 nitrogen and oxygen atoms in total. The number of carbonyl (C=O) groups is 1. The maximum Gasteiger partial charge on any atom is 0.272 e. The highest BCUT2D eigenvalue weighted by molar-refractivity contribution is 6.76. The zero-order chi connectivity index (χ0) is 10.3. The van der Waals surface area contributed by atoms with Crippen molar-refractivity contribution in [2.75, 3.05) is 19.8 Å². The Hall–Kier alpha value is 0.300. The summed E-state index contributed by atoms with van der Waals surface area (Å²) in [6.07, 6.45) is 0.709. The van der Waals surface area contributed by atoms with Crippen molar-refractivity contribution in [1.29, 1.82) is 0 Å². The second-order valence-corrected chi connectivity index (χ2v) is 4.59. The van der Waals surface area contributed by atoms with Crippen LogP contribution in [0.4, 0.5) is 0 Å². The highest BCUT2D eigenvalue weighted by Gasteiger charge is 2.29. The van der Waals surface area contributed by atoms with Gasteiger partial charge in [-0.3, -0.25) is 4.79 Å². The Morgan fingerprint density at radius 2 is 2.08 bits per heavy atom. The fourth-order valence-corrected chi connectivity index (χ4v) is 0.821. The smallest absolute Gasteiger partial charge is 0.272 e. The Bertz CT molecular complexity index is 158. The zero-order valence-electron chi connectivity index (χ0n) is 7.28. The Labute approximate surface area is 92.7 Å². The number of alkyl halides is 3. The van der Waals surface area contributed by atoms with Crippen LogP contribution in [-0.2, 0) is 9.53 Å². The van der Waals surface area contributed by atoms with Gasteiger partial charge in [-0.1, -0.05) is 34.8 Å². The molecule has 0 saturated carbocycles. The second kappa shape index (κ2) is 6.71. The molecule has 0 atom stereocenters. The summed E-state index contributed by atoms with van der Waals surface area (Å²) >= 11 is 15.9. The van der Waals surface area contributed by atoms with Crippen LogP contribution in [0.3, 0.4) is 0 Å². The summed E-state index contributed by atoms with van der Waals surface area (Å²) in [6.45, 7) is 3.61. The van der Waals surface area contributed by atoms with Crippen LogP contribution in [0.2, 0.25) is 0 Å². The third kappa shape index (κ3) is 7.38. The van der Waals surface area contributed by atoms with Crippen molar-refractivity contribution in [2.24, 2.45) is 0 Å². The molecule has 1 amide bonds. The van der Waals surface area contributed by atoms with Crippen LogP contribution in [-0.4, -0.2) is 29.5 Å². The van der Waals surface area contributed by atoms with E-state index in [2.05, 4.69) is 5.32 Å². The minimum Gasteiger partial charge on any atom is -0.382 e. The number of rotatable bonds is 5. The molecule has 0 unspecified atom stereocenters. The largest absolute Gasteiger partial charge is 0.382 e. The monoisotopic (exact) mass is 247 g/mol. The molecule has 6 heteroatoms. The molecule has 0 radical (unpaired) electrons. The summed E-state index contributed by atoms with van der Waals surface area (Å²) in [4.78, 5) is 10.9. The molecule has 13 heavy (non-hydrogen) atoms. The van der Waals surface area contributed by atoms with Crippen LogP contribution in [0.5, 0.6) is 0 Å². The number of hydrogen-bond donors (Lipinski definition) is 1. The maximum absolute atomic E-state index is 10.9. The first-order chi connectivity index (χ1) is 5.98. The number of amides is 1. The van der Waals surface area contributed by atoms with E-state index in [1.165, 1.54) is 0 Å². The topological polar surface area (TPSA) is 38.3 Å². The van der Waals surface area contributed by atoms with Crippen LogP contribution in [0.1, 0.15) is 13.3 Å². The van der Waals surface area contributed by atoms with Gasteiger partial charge in [0.1, 0.15) is 0 Å². The van der Waals surface area contributed by atoms with Crippen LogP contribution < -0.4 is 5.32 Å². The first-order valence-corrected chi connectivity index (χ1v) is 5.04. The SMILES string of the molecule is CCOCCCNC(=O)C(Cl)(Cl)Cl. The molecule has 0 aromatic rings. The van der Waals surface area contributed by atoms with Crippen molar-refractivity contribution in [1.82, 2.24) is 5.32 Å². The molecule has 0 fully saturated rings. The van der Waals surface area contributed by atoms with Gasteiger partial charge in [0, 0.05) is 19.8 Å². The normalized spacial score (nSPS) is 11.4. The number of hydrogen-bond acceptors (Lipinski definition) is 2. The first-order valence-electron chi connectivity index (χ1n) is 3.91. The molecule has 0 aliphatic rings. The summed E-state index contributed by atoms with van der Waals surface area (Å²) in [5.74, 6) is -0.603. The second-order valence-electron chi connectivity index (χ2n) is 2.30. The standard InChI is InChI=1S/C7H12Cl3NO2/c1-2-13-5-3-4-11-6(12)7(8,9)10/h2-5H2,1H3,(H,11,12). The molecule has 0 heterocycles. The third-order valence-corrected chi connectivity index (χ3v) is 1.73. The lowest BCUT2D eigenvalue weighted by Crippen LogP contribution is -2.35. The van der Waals surface area contributed by atoms with E-state index in [9.17, 15) is 4.79 Å². The molecule has 0 bridgehead atoms. The zero-order valence-corrected chi connectivity index (χ0v) is 9.55. The predicted octanol–water partition coefficient (Wildman–Crippen LogP) is 1.90. The van der Waals surface area contributed by atoms with Gasteiger partial charge in [0.15, 0.2) is 0 Å². The van der Waals surface area contributed by atoms with Crippen molar-refractivity contribution in [2.45, 2.75) is 17.1 Å². The number of ether oxygens (including phenoxy) is 1. The van der Waals surface area contributed by atoms with E-state index in [1.54, 1.807) is 0 Å². The van der Waals surface area contributed by atoms with E-state index in [-0.39, 0.29) is 0 Å². The Balaban J connectivity index is 3.38. The molecule has 0 saturated heterocycles. The fourth-order valence-electron chi connectivity index (χ4n) is 0.621. The Morgan fingerprint density at radius 1 is 1.46 bits per heavy atom. The van der Waals surface area contributed by atoms with Crippen LogP contribution in [0.15, 0.2) is 0 Å². The molecule has 78 valence electrons.